The van der Waals surface area contributed by atoms with Crippen molar-refractivity contribution in [1.29, 1.82) is 0 Å². The first-order valence-electron chi connectivity index (χ1n) is 19.9. The van der Waals surface area contributed by atoms with Crippen molar-refractivity contribution in [3.05, 3.63) is 36.5 Å². The Morgan fingerprint density at radius 2 is 1.61 bits per heavy atom. The molecule has 6 aliphatic rings. The lowest BCUT2D eigenvalue weighted by molar-refractivity contribution is -0.367. The summed E-state index contributed by atoms with van der Waals surface area (Å²) in [6, 6.07) is 0. The summed E-state index contributed by atoms with van der Waals surface area (Å²) in [5.41, 5.74) is 0.444. The van der Waals surface area contributed by atoms with Crippen LogP contribution in [0.5, 0.6) is 0 Å². The number of nitrogens with one attached hydrogen (secondary N) is 1. The van der Waals surface area contributed by atoms with E-state index in [0.29, 0.717) is 43.4 Å². The van der Waals surface area contributed by atoms with Crippen molar-refractivity contribution in [3.63, 3.8) is 0 Å². The number of aliphatic hydroxyl groups excluding tert-OH is 1. The van der Waals surface area contributed by atoms with Crippen molar-refractivity contribution in [3.8, 4) is 0 Å². The topological polar surface area (TPSA) is 136 Å². The molecule has 0 aromatic heterocycles. The molecule has 15 atom stereocenters. The molecule has 2 bridgehead atoms. The van der Waals surface area contributed by atoms with Gasteiger partial charge in [-0.25, -0.2) is 0 Å². The molecule has 1 spiro atoms. The van der Waals surface area contributed by atoms with Crippen LogP contribution in [0.25, 0.3) is 0 Å². The van der Waals surface area contributed by atoms with Crippen LogP contribution >= 0.6 is 0 Å². The number of aliphatic carboxylic acids is 1. The van der Waals surface area contributed by atoms with Crippen LogP contribution < -0.4 is 5.32 Å². The maximum absolute atomic E-state index is 12.1. The van der Waals surface area contributed by atoms with Gasteiger partial charge in [0.05, 0.1) is 30.5 Å². The van der Waals surface area contributed by atoms with Crippen molar-refractivity contribution >= 4 is 5.97 Å². The molecule has 6 saturated heterocycles. The van der Waals surface area contributed by atoms with Gasteiger partial charge < -0.3 is 39.0 Å². The van der Waals surface area contributed by atoms with Gasteiger partial charge in [-0.3, -0.25) is 10.1 Å². The van der Waals surface area contributed by atoms with Gasteiger partial charge >= 0.3 is 5.97 Å². The van der Waals surface area contributed by atoms with Gasteiger partial charge in [0.25, 0.3) is 0 Å². The molecule has 10 nitrogen and oxygen atoms in total. The monoisotopic (exact) mass is 715 g/mol. The van der Waals surface area contributed by atoms with Gasteiger partial charge in [-0.2, -0.15) is 0 Å². The molecular formula is C41H65NO9. The molecule has 6 fully saturated rings. The van der Waals surface area contributed by atoms with Crippen molar-refractivity contribution in [2.24, 2.45) is 29.6 Å². The smallest absolute Gasteiger partial charge is 0.303 e. The highest BCUT2D eigenvalue weighted by atomic mass is 16.7. The summed E-state index contributed by atoms with van der Waals surface area (Å²) in [4.78, 5) is 10.6. The number of fused-ring (bicyclic) bond motifs is 4. The number of unbranched alkanes of at least 4 members (excludes halogenated alkanes) is 1. The van der Waals surface area contributed by atoms with E-state index < -0.39 is 35.9 Å². The lowest BCUT2D eigenvalue weighted by Gasteiger charge is -2.53. The summed E-state index contributed by atoms with van der Waals surface area (Å²) in [7, 11) is 0. The highest BCUT2D eigenvalue weighted by Gasteiger charge is 2.62. The fourth-order valence-electron chi connectivity index (χ4n) is 10.1. The molecule has 51 heavy (non-hydrogen) atoms. The van der Waals surface area contributed by atoms with Gasteiger partial charge in [0.15, 0.2) is 11.6 Å². The predicted molar refractivity (Wildman–Crippen MR) is 193 cm³/mol. The van der Waals surface area contributed by atoms with Gasteiger partial charge in [-0.1, -0.05) is 65.5 Å². The van der Waals surface area contributed by atoms with E-state index in [1.807, 2.05) is 19.1 Å². The number of hydrogen-bond donors (Lipinski definition) is 4. The zero-order valence-electron chi connectivity index (χ0n) is 31.6. The lowest BCUT2D eigenvalue weighted by Crippen LogP contribution is -2.62. The van der Waals surface area contributed by atoms with E-state index in [1.54, 1.807) is 0 Å². The normalized spacial score (nSPS) is 46.1. The highest BCUT2D eigenvalue weighted by Crippen LogP contribution is 2.53. The minimum Gasteiger partial charge on any atom is -0.481 e. The molecule has 288 valence electrons. The molecule has 6 heterocycles. The summed E-state index contributed by atoms with van der Waals surface area (Å²) in [5.74, 6) is -2.18. The zero-order valence-corrected chi connectivity index (χ0v) is 31.6. The number of aliphatic hydroxyl groups is 2. The second-order valence-electron chi connectivity index (χ2n) is 17.3. The molecule has 0 radical (unpaired) electrons. The molecule has 0 aromatic carbocycles. The van der Waals surface area contributed by atoms with Crippen LogP contribution in [0.3, 0.4) is 0 Å². The number of hydrogen-bond acceptors (Lipinski definition) is 9. The standard InChI is InChI=1S/C41H65NO9/c1-25-19-33-37-34(23-40(50-37)29(5)18-26(2)24-42-40)49-39(21-25,48-33)22-28(4)36-27(3)20-30(6)41(46,51-36)38(45)32-17-16-31(47-32)14-12-10-8-7-9-11-13-15-35(43)44/h9-12,25-27,29-34,36-38,42,45-46H,4,7-8,13-24H2,1-3,5-6H3,(H,43,44)/b11-9+,12-10+/t25-,26+,27-,29-,30+,31+,32-,33+,34+,36-,37+,38+,39-,40-,41+/m0/s1. The molecule has 6 aliphatic heterocycles. The van der Waals surface area contributed by atoms with E-state index in [0.717, 1.165) is 63.5 Å². The van der Waals surface area contributed by atoms with E-state index in [4.69, 9.17) is 28.8 Å². The zero-order chi connectivity index (χ0) is 36.6. The van der Waals surface area contributed by atoms with Crippen molar-refractivity contribution in [1.82, 2.24) is 5.32 Å². The van der Waals surface area contributed by atoms with Crippen molar-refractivity contribution in [2.45, 2.75) is 178 Å². The molecule has 10 heteroatoms. The Labute approximate surface area is 305 Å². The van der Waals surface area contributed by atoms with E-state index in [-0.39, 0.29) is 48.4 Å². The Hall–Kier alpha value is -1.63. The average molecular weight is 716 g/mol. The SMILES string of the molecule is C=C(C[C@@]12C[C@@H](C)C[C@@H](O1)[C@H]1O[C@]3(C[C@H]1O2)NC[C@H](C)C[C@@H]3C)[C@H]1O[C@@](O)([C@H](O)[C@@H]2CC[C@@H](C/C=C/CC/C=C/CCC(=O)O)O2)[C@H](C)C[C@@H]1C. The fraction of sp³-hybridized carbons (Fsp3) is 0.829. The first-order chi connectivity index (χ1) is 24.2. The van der Waals surface area contributed by atoms with Gasteiger partial charge in [0.2, 0.25) is 0 Å². The van der Waals surface area contributed by atoms with Gasteiger partial charge in [0, 0.05) is 38.1 Å². The number of allylic oxidation sites excluding steroid dienone is 3. The van der Waals surface area contributed by atoms with Crippen LogP contribution in [0, 0.1) is 29.6 Å². The molecule has 0 unspecified atom stereocenters. The van der Waals surface area contributed by atoms with Crippen LogP contribution in [0.2, 0.25) is 0 Å². The Morgan fingerprint density at radius 1 is 0.882 bits per heavy atom. The molecule has 0 amide bonds. The third-order valence-corrected chi connectivity index (χ3v) is 12.7. The minimum atomic E-state index is -1.77. The second-order valence-corrected chi connectivity index (χ2v) is 17.3. The number of carboxylic acid groups (broad SMARTS) is 1. The summed E-state index contributed by atoms with van der Waals surface area (Å²) < 4.78 is 33.5. The lowest BCUT2D eigenvalue weighted by atomic mass is 9.76. The summed E-state index contributed by atoms with van der Waals surface area (Å²) in [5, 5.41) is 36.2. The van der Waals surface area contributed by atoms with Crippen LogP contribution in [-0.2, 0) is 28.5 Å². The summed E-state index contributed by atoms with van der Waals surface area (Å²) >= 11 is 0. The van der Waals surface area contributed by atoms with Gasteiger partial charge in [-0.05, 0) is 87.0 Å². The Bertz CT molecular complexity index is 1290. The summed E-state index contributed by atoms with van der Waals surface area (Å²) in [6.45, 7) is 16.4. The largest absolute Gasteiger partial charge is 0.481 e. The van der Waals surface area contributed by atoms with Crippen LogP contribution in [0.4, 0.5) is 0 Å². The van der Waals surface area contributed by atoms with Crippen molar-refractivity contribution < 1.29 is 43.8 Å². The summed E-state index contributed by atoms with van der Waals surface area (Å²) in [6.07, 6.45) is 15.1. The van der Waals surface area contributed by atoms with Gasteiger partial charge in [-0.15, -0.1) is 0 Å². The average Bonchev–Trinajstić information content (AvgIpc) is 3.68. The maximum Gasteiger partial charge on any atom is 0.303 e. The molecule has 6 rings (SSSR count). The molecule has 0 saturated carbocycles. The highest BCUT2D eigenvalue weighted by molar-refractivity contribution is 5.66. The minimum absolute atomic E-state index is 0.0298. The van der Waals surface area contributed by atoms with E-state index in [9.17, 15) is 15.0 Å². The number of rotatable bonds is 13. The van der Waals surface area contributed by atoms with Crippen LogP contribution in [-0.4, -0.2) is 87.9 Å². The van der Waals surface area contributed by atoms with E-state index in [2.05, 4.69) is 51.7 Å². The predicted octanol–water partition coefficient (Wildman–Crippen LogP) is 6.40. The maximum atomic E-state index is 12.1. The Kier molecular flexibility index (Phi) is 12.3. The van der Waals surface area contributed by atoms with Gasteiger partial charge in [0.1, 0.15) is 17.9 Å². The first-order valence-corrected chi connectivity index (χ1v) is 19.9. The molecule has 4 N–H and O–H groups in total. The number of piperidine rings is 1. The number of ether oxygens (including phenoxy) is 5. The van der Waals surface area contributed by atoms with E-state index >= 15 is 0 Å². The quantitative estimate of drug-likeness (QED) is 0.125. The van der Waals surface area contributed by atoms with Crippen LogP contribution in [0.1, 0.15) is 118 Å². The molecule has 0 aromatic rings. The number of carbonyl (C=O) groups is 1. The third kappa shape index (κ3) is 8.54. The number of carboxylic acids is 1. The second kappa shape index (κ2) is 16.0. The third-order valence-electron chi connectivity index (χ3n) is 12.7. The molecule has 0 aliphatic carbocycles. The van der Waals surface area contributed by atoms with E-state index in [1.165, 1.54) is 0 Å². The molecular weight excluding hydrogens is 650 g/mol. The first kappa shape index (κ1) is 39.1. The van der Waals surface area contributed by atoms with Crippen molar-refractivity contribution in [2.75, 3.05) is 6.54 Å². The Morgan fingerprint density at radius 3 is 2.35 bits per heavy atom. The van der Waals surface area contributed by atoms with Crippen LogP contribution in [0.15, 0.2) is 36.5 Å². The fourth-order valence-corrected chi connectivity index (χ4v) is 10.1. The Balaban J connectivity index is 1.04.